The fourth-order valence-corrected chi connectivity index (χ4v) is 2.27. The lowest BCUT2D eigenvalue weighted by Gasteiger charge is -2.17. The van der Waals surface area contributed by atoms with Gasteiger partial charge in [0.15, 0.2) is 5.75 Å². The van der Waals surface area contributed by atoms with E-state index >= 15 is 0 Å². The van der Waals surface area contributed by atoms with Crippen LogP contribution in [0.3, 0.4) is 0 Å². The van der Waals surface area contributed by atoms with Gasteiger partial charge in [0, 0.05) is 11.5 Å². The van der Waals surface area contributed by atoms with Crippen molar-refractivity contribution >= 4 is 26.9 Å². The number of carbonyl (C=O) groups is 1. The molecule has 9 heteroatoms. The molecule has 0 bridgehead atoms. The Morgan fingerprint density at radius 1 is 1.04 bits per heavy atom. The summed E-state index contributed by atoms with van der Waals surface area (Å²) in [6.45, 7) is 4.80. The fourth-order valence-electron chi connectivity index (χ4n) is 1.80. The molecular weight excluding hydrogens is 361 g/mol. The van der Waals surface area contributed by atoms with Gasteiger partial charge in [-0.05, 0) is 32.2 Å². The molecule has 0 aliphatic rings. The number of fused-ring (bicyclic) bond motifs is 1. The third-order valence-corrected chi connectivity index (χ3v) is 4.07. The maximum Gasteiger partial charge on any atom is 0.534 e. The Labute approximate surface area is 142 Å². The van der Waals surface area contributed by atoms with E-state index in [0.29, 0.717) is 5.39 Å². The lowest BCUT2D eigenvalue weighted by atomic mass is 9.97. The van der Waals surface area contributed by atoms with Crippen LogP contribution >= 0.6 is 0 Å². The van der Waals surface area contributed by atoms with Crippen LogP contribution in [0.2, 0.25) is 0 Å². The Hall–Kier alpha value is -2.29. The van der Waals surface area contributed by atoms with Crippen molar-refractivity contribution in [3.8, 4) is 11.5 Å². The van der Waals surface area contributed by atoms with Gasteiger partial charge in [0.25, 0.3) is 0 Å². The number of halogens is 3. The van der Waals surface area contributed by atoms with Crippen molar-refractivity contribution in [1.29, 1.82) is 0 Å². The maximum absolute atomic E-state index is 12.6. The standard InChI is InChI=1S/C16H15F3O5S/c1-15(2,3)14(20)23-11-8-10-6-4-5-7-12(10)13(9-11)24-25(21,22)16(17,18)19/h4-9H,1-3H3. The number of ether oxygens (including phenoxy) is 1. The van der Waals surface area contributed by atoms with E-state index in [1.54, 1.807) is 26.8 Å². The van der Waals surface area contributed by atoms with Crippen molar-refractivity contribution in [2.24, 2.45) is 5.41 Å². The minimum Gasteiger partial charge on any atom is -0.426 e. The molecule has 25 heavy (non-hydrogen) atoms. The number of hydrogen-bond donors (Lipinski definition) is 0. The van der Waals surface area contributed by atoms with Gasteiger partial charge in [-0.3, -0.25) is 4.79 Å². The van der Waals surface area contributed by atoms with Crippen molar-refractivity contribution in [2.45, 2.75) is 26.3 Å². The van der Waals surface area contributed by atoms with Crippen LogP contribution in [0.1, 0.15) is 20.8 Å². The van der Waals surface area contributed by atoms with E-state index in [4.69, 9.17) is 4.74 Å². The summed E-state index contributed by atoms with van der Waals surface area (Å²) in [7, 11) is -5.86. The zero-order valence-electron chi connectivity index (χ0n) is 13.5. The van der Waals surface area contributed by atoms with Crippen molar-refractivity contribution in [3.05, 3.63) is 36.4 Å². The van der Waals surface area contributed by atoms with E-state index in [2.05, 4.69) is 4.18 Å². The van der Waals surface area contributed by atoms with E-state index in [1.165, 1.54) is 24.3 Å². The highest BCUT2D eigenvalue weighted by atomic mass is 32.2. The quantitative estimate of drug-likeness (QED) is 0.350. The Morgan fingerprint density at radius 3 is 2.20 bits per heavy atom. The fraction of sp³-hybridized carbons (Fsp3) is 0.312. The summed E-state index contributed by atoms with van der Waals surface area (Å²) in [5.41, 5.74) is -6.43. The van der Waals surface area contributed by atoms with Crippen LogP contribution in [-0.2, 0) is 14.9 Å². The van der Waals surface area contributed by atoms with Crippen LogP contribution < -0.4 is 8.92 Å². The second-order valence-electron chi connectivity index (χ2n) is 6.27. The first kappa shape index (κ1) is 19.0. The predicted octanol–water partition coefficient (Wildman–Crippen LogP) is 4.02. The zero-order valence-corrected chi connectivity index (χ0v) is 14.4. The molecule has 2 aromatic carbocycles. The second kappa shape index (κ2) is 6.21. The number of carbonyl (C=O) groups excluding carboxylic acids is 1. The lowest BCUT2D eigenvalue weighted by Crippen LogP contribution is -2.28. The Kier molecular flexibility index (Phi) is 4.73. The van der Waals surface area contributed by atoms with Crippen molar-refractivity contribution in [2.75, 3.05) is 0 Å². The molecule has 0 saturated heterocycles. The molecule has 136 valence electrons. The zero-order chi connectivity index (χ0) is 19.0. The second-order valence-corrected chi connectivity index (χ2v) is 7.80. The van der Waals surface area contributed by atoms with Crippen LogP contribution in [0.15, 0.2) is 36.4 Å². The van der Waals surface area contributed by atoms with E-state index in [0.717, 1.165) is 6.07 Å². The molecule has 0 aliphatic heterocycles. The van der Waals surface area contributed by atoms with Gasteiger partial charge in [0.2, 0.25) is 0 Å². The molecule has 0 atom stereocenters. The smallest absolute Gasteiger partial charge is 0.426 e. The number of hydrogen-bond acceptors (Lipinski definition) is 5. The van der Waals surface area contributed by atoms with Gasteiger partial charge in [0.05, 0.1) is 5.41 Å². The summed E-state index contributed by atoms with van der Waals surface area (Å²) in [5, 5.41) is 0.486. The van der Waals surface area contributed by atoms with Gasteiger partial charge < -0.3 is 8.92 Å². The summed E-state index contributed by atoms with van der Waals surface area (Å²) >= 11 is 0. The third kappa shape index (κ3) is 4.22. The SMILES string of the molecule is CC(C)(C)C(=O)Oc1cc(OS(=O)(=O)C(F)(F)F)c2ccccc2c1. The minimum absolute atomic E-state index is 0.119. The van der Waals surface area contributed by atoms with Crippen molar-refractivity contribution in [1.82, 2.24) is 0 Å². The molecule has 0 amide bonds. The van der Waals surface area contributed by atoms with E-state index in [1.807, 2.05) is 0 Å². The molecule has 0 radical (unpaired) electrons. The van der Waals surface area contributed by atoms with Gasteiger partial charge in [-0.2, -0.15) is 21.6 Å². The summed E-state index contributed by atoms with van der Waals surface area (Å²) in [6.07, 6.45) is 0. The highest BCUT2D eigenvalue weighted by Crippen LogP contribution is 2.35. The van der Waals surface area contributed by atoms with E-state index in [9.17, 15) is 26.4 Å². The lowest BCUT2D eigenvalue weighted by molar-refractivity contribution is -0.142. The number of rotatable bonds is 3. The monoisotopic (exact) mass is 376 g/mol. The van der Waals surface area contributed by atoms with Gasteiger partial charge in [-0.15, -0.1) is 0 Å². The average molecular weight is 376 g/mol. The first-order chi connectivity index (χ1) is 11.3. The molecule has 0 heterocycles. The minimum atomic E-state index is -5.86. The largest absolute Gasteiger partial charge is 0.534 e. The molecule has 0 aromatic heterocycles. The highest BCUT2D eigenvalue weighted by Gasteiger charge is 2.48. The molecule has 0 fully saturated rings. The first-order valence-corrected chi connectivity index (χ1v) is 8.48. The molecule has 0 aliphatic carbocycles. The van der Waals surface area contributed by atoms with Crippen LogP contribution in [-0.4, -0.2) is 19.9 Å². The Balaban J connectivity index is 2.53. The van der Waals surface area contributed by atoms with Crippen LogP contribution in [0.5, 0.6) is 11.5 Å². The predicted molar refractivity (Wildman–Crippen MR) is 84.6 cm³/mol. The normalized spacial score (nSPS) is 12.9. The summed E-state index contributed by atoms with van der Waals surface area (Å²) < 4.78 is 69.7. The third-order valence-electron chi connectivity index (χ3n) is 3.10. The van der Waals surface area contributed by atoms with Crippen LogP contribution in [0, 0.1) is 5.41 Å². The average Bonchev–Trinajstić information content (AvgIpc) is 2.44. The molecule has 0 saturated carbocycles. The molecule has 0 unspecified atom stereocenters. The Bertz CT molecular complexity index is 911. The topological polar surface area (TPSA) is 69.7 Å². The Morgan fingerprint density at radius 2 is 1.64 bits per heavy atom. The number of esters is 1. The first-order valence-electron chi connectivity index (χ1n) is 7.07. The summed E-state index contributed by atoms with van der Waals surface area (Å²) in [4.78, 5) is 12.0. The van der Waals surface area contributed by atoms with Gasteiger partial charge >= 0.3 is 21.6 Å². The highest BCUT2D eigenvalue weighted by molar-refractivity contribution is 7.88. The molecule has 0 spiro atoms. The van der Waals surface area contributed by atoms with Crippen molar-refractivity contribution in [3.63, 3.8) is 0 Å². The van der Waals surface area contributed by atoms with Gasteiger partial charge in [-0.25, -0.2) is 0 Å². The maximum atomic E-state index is 12.6. The van der Waals surface area contributed by atoms with Crippen molar-refractivity contribution < 1.29 is 35.3 Å². The molecule has 5 nitrogen and oxygen atoms in total. The number of alkyl halides is 3. The summed E-state index contributed by atoms with van der Waals surface area (Å²) in [6, 6.07) is 8.38. The van der Waals surface area contributed by atoms with Gasteiger partial charge in [-0.1, -0.05) is 24.3 Å². The summed E-state index contributed by atoms with van der Waals surface area (Å²) in [5.74, 6) is -1.33. The van der Waals surface area contributed by atoms with Gasteiger partial charge in [0.1, 0.15) is 5.75 Å². The number of benzene rings is 2. The molecule has 2 aromatic rings. The van der Waals surface area contributed by atoms with E-state index < -0.39 is 32.8 Å². The van der Waals surface area contributed by atoms with E-state index in [-0.39, 0.29) is 11.1 Å². The van der Waals surface area contributed by atoms with Crippen LogP contribution in [0.4, 0.5) is 13.2 Å². The molecular formula is C16H15F3O5S. The molecule has 2 rings (SSSR count). The molecule has 0 N–H and O–H groups in total. The van der Waals surface area contributed by atoms with Crippen LogP contribution in [0.25, 0.3) is 10.8 Å².